The number of rotatable bonds is 4. The van der Waals surface area contributed by atoms with Gasteiger partial charge in [-0.3, -0.25) is 4.90 Å². The maximum atomic E-state index is 13.8. The van der Waals surface area contributed by atoms with Crippen molar-refractivity contribution in [3.8, 4) is 0 Å². The van der Waals surface area contributed by atoms with Crippen LogP contribution in [0.2, 0.25) is 0 Å². The zero-order valence-corrected chi connectivity index (χ0v) is 10.7. The van der Waals surface area contributed by atoms with Gasteiger partial charge < -0.3 is 10.5 Å². The van der Waals surface area contributed by atoms with E-state index >= 15 is 0 Å². The van der Waals surface area contributed by atoms with E-state index in [1.807, 2.05) is 4.90 Å². The van der Waals surface area contributed by atoms with Crippen LogP contribution in [0.1, 0.15) is 18.0 Å². The molecule has 0 spiro atoms. The Morgan fingerprint density at radius 2 is 2.00 bits per heavy atom. The molecule has 2 rings (SSSR count). The molecule has 1 fully saturated rings. The van der Waals surface area contributed by atoms with E-state index < -0.39 is 23.5 Å². The topological polar surface area (TPSA) is 38.5 Å². The molecular weight excluding hydrogens is 257 g/mol. The van der Waals surface area contributed by atoms with Crippen LogP contribution in [0.15, 0.2) is 12.1 Å². The lowest BCUT2D eigenvalue weighted by Crippen LogP contribution is -2.33. The summed E-state index contributed by atoms with van der Waals surface area (Å²) < 4.78 is 45.2. The van der Waals surface area contributed by atoms with Crippen molar-refractivity contribution in [1.29, 1.82) is 0 Å². The molecule has 0 saturated carbocycles. The first-order valence-corrected chi connectivity index (χ1v) is 6.18. The Morgan fingerprint density at radius 3 is 2.58 bits per heavy atom. The number of hydrogen-bond acceptors (Lipinski definition) is 3. The smallest absolute Gasteiger partial charge is 0.161 e. The highest BCUT2D eigenvalue weighted by Gasteiger charge is 2.30. The maximum absolute atomic E-state index is 13.8. The fourth-order valence-electron chi connectivity index (χ4n) is 2.50. The first-order chi connectivity index (χ1) is 9.06. The number of halogens is 3. The van der Waals surface area contributed by atoms with E-state index in [-0.39, 0.29) is 18.2 Å². The minimum absolute atomic E-state index is 0.0717. The molecule has 0 aromatic heterocycles. The summed E-state index contributed by atoms with van der Waals surface area (Å²) in [5.74, 6) is -3.01. The molecule has 0 amide bonds. The Kier molecular flexibility index (Phi) is 4.44. The number of nitrogens with zero attached hydrogens (tertiary/aromatic N) is 1. The van der Waals surface area contributed by atoms with Gasteiger partial charge in [-0.1, -0.05) is 0 Å². The molecule has 1 aromatic rings. The maximum Gasteiger partial charge on any atom is 0.161 e. The zero-order chi connectivity index (χ0) is 14.0. The van der Waals surface area contributed by atoms with Crippen LogP contribution in [0.25, 0.3) is 0 Å². The summed E-state index contributed by atoms with van der Waals surface area (Å²) in [6.07, 6.45) is 0.889. The second kappa shape index (κ2) is 5.90. The Morgan fingerprint density at radius 1 is 1.32 bits per heavy atom. The van der Waals surface area contributed by atoms with Crippen molar-refractivity contribution in [3.63, 3.8) is 0 Å². The summed E-state index contributed by atoms with van der Waals surface area (Å²) in [6, 6.07) is 0.995. The third-order valence-electron chi connectivity index (χ3n) is 3.57. The minimum Gasteiger partial charge on any atom is -0.380 e. The molecule has 0 bridgehead atoms. The zero-order valence-electron chi connectivity index (χ0n) is 10.7. The van der Waals surface area contributed by atoms with Crippen molar-refractivity contribution >= 4 is 0 Å². The van der Waals surface area contributed by atoms with Gasteiger partial charge in [0.1, 0.15) is 5.82 Å². The predicted molar refractivity (Wildman–Crippen MR) is 65.1 cm³/mol. The lowest BCUT2D eigenvalue weighted by molar-refractivity contribution is 0.101. The average Bonchev–Trinajstić information content (AvgIpc) is 2.85. The fraction of sp³-hybridized carbons (Fsp3) is 0.538. The molecule has 0 aliphatic carbocycles. The normalized spacial score (nSPS) is 21.8. The third kappa shape index (κ3) is 2.91. The summed E-state index contributed by atoms with van der Waals surface area (Å²) in [5.41, 5.74) is 5.76. The van der Waals surface area contributed by atoms with Gasteiger partial charge in [0.25, 0.3) is 0 Å². The van der Waals surface area contributed by atoms with Gasteiger partial charge in [-0.05, 0) is 12.5 Å². The van der Waals surface area contributed by atoms with Crippen molar-refractivity contribution in [2.24, 2.45) is 5.73 Å². The van der Waals surface area contributed by atoms with Crippen LogP contribution in [0.4, 0.5) is 13.2 Å². The van der Waals surface area contributed by atoms with Crippen molar-refractivity contribution in [2.75, 3.05) is 26.7 Å². The molecule has 2 N–H and O–H groups in total. The van der Waals surface area contributed by atoms with E-state index in [9.17, 15) is 13.2 Å². The molecule has 0 radical (unpaired) electrons. The van der Waals surface area contributed by atoms with Gasteiger partial charge in [-0.25, -0.2) is 13.2 Å². The molecule has 1 aliphatic rings. The van der Waals surface area contributed by atoms with Crippen LogP contribution in [0.3, 0.4) is 0 Å². The summed E-state index contributed by atoms with van der Waals surface area (Å²) in [4.78, 5) is 1.93. The van der Waals surface area contributed by atoms with Gasteiger partial charge in [0.2, 0.25) is 0 Å². The van der Waals surface area contributed by atoms with Crippen LogP contribution in [0.5, 0.6) is 0 Å². The quantitative estimate of drug-likeness (QED) is 0.851. The number of nitrogens with two attached hydrogens (primary N) is 1. The van der Waals surface area contributed by atoms with E-state index in [1.54, 1.807) is 7.11 Å². The second-order valence-corrected chi connectivity index (χ2v) is 4.68. The highest BCUT2D eigenvalue weighted by Crippen LogP contribution is 2.28. The molecule has 1 heterocycles. The van der Waals surface area contributed by atoms with Gasteiger partial charge in [-0.15, -0.1) is 0 Å². The molecule has 1 saturated heterocycles. The fourth-order valence-corrected chi connectivity index (χ4v) is 2.50. The molecular formula is C13H17F3N2O. The monoisotopic (exact) mass is 274 g/mol. The lowest BCUT2D eigenvalue weighted by Gasteiger charge is -2.27. The summed E-state index contributed by atoms with van der Waals surface area (Å²) in [7, 11) is 1.61. The molecule has 106 valence electrons. The molecule has 2 unspecified atom stereocenters. The van der Waals surface area contributed by atoms with E-state index in [0.717, 1.165) is 12.5 Å². The van der Waals surface area contributed by atoms with Crippen LogP contribution >= 0.6 is 0 Å². The molecule has 1 aromatic carbocycles. The number of ether oxygens (including phenoxy) is 1. The van der Waals surface area contributed by atoms with Gasteiger partial charge in [-0.2, -0.15) is 0 Å². The van der Waals surface area contributed by atoms with Crippen molar-refractivity contribution < 1.29 is 17.9 Å². The predicted octanol–water partition coefficient (Wildman–Crippen LogP) is 1.82. The van der Waals surface area contributed by atoms with Crippen LogP contribution in [-0.4, -0.2) is 37.7 Å². The van der Waals surface area contributed by atoms with Crippen LogP contribution < -0.4 is 5.73 Å². The van der Waals surface area contributed by atoms with E-state index in [2.05, 4.69) is 0 Å². The molecule has 19 heavy (non-hydrogen) atoms. The second-order valence-electron chi connectivity index (χ2n) is 4.68. The lowest BCUT2D eigenvalue weighted by atomic mass is 10.0. The third-order valence-corrected chi connectivity index (χ3v) is 3.57. The number of hydrogen-bond donors (Lipinski definition) is 1. The Balaban J connectivity index is 2.25. The Labute approximate surface area is 110 Å². The van der Waals surface area contributed by atoms with E-state index in [1.165, 1.54) is 0 Å². The largest absolute Gasteiger partial charge is 0.380 e. The number of methoxy groups -OCH3 is 1. The highest BCUT2D eigenvalue weighted by molar-refractivity contribution is 5.24. The van der Waals surface area contributed by atoms with E-state index in [0.29, 0.717) is 19.2 Å². The Bertz CT molecular complexity index is 456. The molecule has 1 aliphatic heterocycles. The van der Waals surface area contributed by atoms with Gasteiger partial charge in [0.05, 0.1) is 12.1 Å². The van der Waals surface area contributed by atoms with Gasteiger partial charge in [0.15, 0.2) is 11.6 Å². The average molecular weight is 274 g/mol. The standard InChI is InChI=1S/C13H17F3N2O/c1-19-8-2-3-18(7-8)13(6-17)9-4-11(15)12(16)5-10(9)14/h4-5,8,13H,2-3,6-7,17H2,1H3. The molecule has 2 atom stereocenters. The SMILES string of the molecule is COC1CCN(C(CN)c2cc(F)c(F)cc2F)C1. The molecule has 6 heteroatoms. The summed E-state index contributed by atoms with van der Waals surface area (Å²) in [5, 5.41) is 0. The highest BCUT2D eigenvalue weighted by atomic mass is 19.2. The van der Waals surface area contributed by atoms with E-state index in [4.69, 9.17) is 10.5 Å². The van der Waals surface area contributed by atoms with Crippen LogP contribution in [-0.2, 0) is 4.74 Å². The first-order valence-electron chi connectivity index (χ1n) is 6.18. The van der Waals surface area contributed by atoms with Crippen molar-refractivity contribution in [1.82, 2.24) is 4.90 Å². The van der Waals surface area contributed by atoms with Gasteiger partial charge in [0, 0.05) is 38.4 Å². The minimum atomic E-state index is -1.19. The number of likely N-dealkylation sites (tertiary alicyclic amines) is 1. The van der Waals surface area contributed by atoms with Gasteiger partial charge >= 0.3 is 0 Å². The first kappa shape index (κ1) is 14.3. The molecule has 3 nitrogen and oxygen atoms in total. The summed E-state index contributed by atoms with van der Waals surface area (Å²) >= 11 is 0. The van der Waals surface area contributed by atoms with Crippen molar-refractivity contribution in [2.45, 2.75) is 18.6 Å². The number of benzene rings is 1. The van der Waals surface area contributed by atoms with Crippen LogP contribution in [0, 0.1) is 17.5 Å². The van der Waals surface area contributed by atoms with Crippen molar-refractivity contribution in [3.05, 3.63) is 35.1 Å². The Hall–Kier alpha value is -1.11. The summed E-state index contributed by atoms with van der Waals surface area (Å²) in [6.45, 7) is 1.44.